The van der Waals surface area contributed by atoms with Crippen LogP contribution in [0.2, 0.25) is 5.02 Å². The lowest BCUT2D eigenvalue weighted by Crippen LogP contribution is -2.19. The zero-order chi connectivity index (χ0) is 16.2. The number of amides is 2. The lowest BCUT2D eigenvalue weighted by atomic mass is 10.3. The third-order valence-corrected chi connectivity index (χ3v) is 3.52. The van der Waals surface area contributed by atoms with Crippen LogP contribution in [0.3, 0.4) is 0 Å². The van der Waals surface area contributed by atoms with Gasteiger partial charge in [-0.05, 0) is 43.3 Å². The number of nitrogens with zero attached hydrogens (tertiary/aromatic N) is 2. The Kier molecular flexibility index (Phi) is 4.30. The van der Waals surface area contributed by atoms with E-state index in [-0.39, 0.29) is 6.03 Å². The number of rotatable bonds is 3. The number of hydrogen-bond donors (Lipinski definition) is 2. The van der Waals surface area contributed by atoms with E-state index in [4.69, 9.17) is 11.6 Å². The number of aromatic nitrogens is 2. The Morgan fingerprint density at radius 1 is 1.04 bits per heavy atom. The van der Waals surface area contributed by atoms with Crippen LogP contribution in [-0.2, 0) is 0 Å². The summed E-state index contributed by atoms with van der Waals surface area (Å²) in [5.74, 6) is 0. The predicted molar refractivity (Wildman–Crippen MR) is 92.4 cm³/mol. The Bertz CT molecular complexity index is 812. The van der Waals surface area contributed by atoms with Crippen LogP contribution in [-0.4, -0.2) is 15.8 Å². The van der Waals surface area contributed by atoms with E-state index >= 15 is 0 Å². The first-order chi connectivity index (χ1) is 11.1. The number of benzene rings is 2. The smallest absolute Gasteiger partial charge is 0.308 e. The maximum absolute atomic E-state index is 12.1. The Morgan fingerprint density at radius 3 is 2.43 bits per heavy atom. The summed E-state index contributed by atoms with van der Waals surface area (Å²) in [7, 11) is 0. The molecule has 1 aromatic heterocycles. The molecule has 23 heavy (non-hydrogen) atoms. The molecule has 6 heteroatoms. The summed E-state index contributed by atoms with van der Waals surface area (Å²) in [5, 5.41) is 10.6. The van der Waals surface area contributed by atoms with Gasteiger partial charge in [0.15, 0.2) is 0 Å². The fraction of sp³-hybridized carbons (Fsp3) is 0.0588. The first-order valence-corrected chi connectivity index (χ1v) is 7.45. The van der Waals surface area contributed by atoms with Crippen molar-refractivity contribution in [3.8, 4) is 5.69 Å². The molecular weight excluding hydrogens is 312 g/mol. The largest absolute Gasteiger partial charge is 0.323 e. The zero-order valence-corrected chi connectivity index (χ0v) is 13.2. The summed E-state index contributed by atoms with van der Waals surface area (Å²) in [6, 6.07) is 16.3. The van der Waals surface area contributed by atoms with Gasteiger partial charge in [-0.1, -0.05) is 29.8 Å². The van der Waals surface area contributed by atoms with E-state index in [0.717, 1.165) is 11.4 Å². The van der Waals surface area contributed by atoms with Gasteiger partial charge in [0, 0.05) is 10.7 Å². The van der Waals surface area contributed by atoms with Crippen LogP contribution >= 0.6 is 11.6 Å². The van der Waals surface area contributed by atoms with Gasteiger partial charge in [-0.15, -0.1) is 0 Å². The normalized spacial score (nSPS) is 10.3. The highest BCUT2D eigenvalue weighted by Crippen LogP contribution is 2.17. The fourth-order valence-corrected chi connectivity index (χ4v) is 2.24. The average Bonchev–Trinajstić information content (AvgIpc) is 2.91. The second-order valence-electron chi connectivity index (χ2n) is 4.99. The molecule has 0 unspecified atom stereocenters. The van der Waals surface area contributed by atoms with E-state index in [9.17, 15) is 4.79 Å². The molecular formula is C17H15ClN4O. The van der Waals surface area contributed by atoms with Gasteiger partial charge in [-0.25, -0.2) is 9.48 Å². The molecule has 2 N–H and O–H groups in total. The van der Waals surface area contributed by atoms with Gasteiger partial charge in [-0.3, -0.25) is 0 Å². The van der Waals surface area contributed by atoms with E-state index in [1.807, 2.05) is 37.3 Å². The van der Waals surface area contributed by atoms with Crippen LogP contribution in [0.1, 0.15) is 5.69 Å². The van der Waals surface area contributed by atoms with Crippen molar-refractivity contribution in [2.75, 3.05) is 10.6 Å². The Hall–Kier alpha value is -2.79. The van der Waals surface area contributed by atoms with Crippen molar-refractivity contribution in [2.24, 2.45) is 0 Å². The summed E-state index contributed by atoms with van der Waals surface area (Å²) >= 11 is 5.82. The van der Waals surface area contributed by atoms with Gasteiger partial charge in [0.05, 0.1) is 23.3 Å². The predicted octanol–water partition coefficient (Wildman–Crippen LogP) is 4.48. The Morgan fingerprint density at radius 2 is 1.74 bits per heavy atom. The minimum atomic E-state index is -0.331. The molecule has 0 saturated heterocycles. The highest BCUT2D eigenvalue weighted by atomic mass is 35.5. The molecule has 3 rings (SSSR count). The Balaban J connectivity index is 1.71. The third kappa shape index (κ3) is 3.70. The molecule has 0 atom stereocenters. The van der Waals surface area contributed by atoms with Gasteiger partial charge in [0.2, 0.25) is 0 Å². The number of urea groups is 1. The van der Waals surface area contributed by atoms with Crippen molar-refractivity contribution in [3.05, 3.63) is 71.5 Å². The summed E-state index contributed by atoms with van der Waals surface area (Å²) in [6.07, 6.45) is 1.78. The van der Waals surface area contributed by atoms with Crippen molar-refractivity contribution in [1.82, 2.24) is 9.78 Å². The van der Waals surface area contributed by atoms with Crippen LogP contribution in [0.4, 0.5) is 16.2 Å². The minimum absolute atomic E-state index is 0.331. The molecule has 0 aliphatic carbocycles. The summed E-state index contributed by atoms with van der Waals surface area (Å²) in [4.78, 5) is 12.1. The lowest BCUT2D eigenvalue weighted by Gasteiger charge is -2.06. The van der Waals surface area contributed by atoms with E-state index in [1.165, 1.54) is 0 Å². The number of anilines is 2. The topological polar surface area (TPSA) is 59.0 Å². The van der Waals surface area contributed by atoms with E-state index in [2.05, 4.69) is 15.7 Å². The van der Waals surface area contributed by atoms with Crippen LogP contribution in [0.25, 0.3) is 5.69 Å². The van der Waals surface area contributed by atoms with Crippen LogP contribution < -0.4 is 10.6 Å². The molecule has 0 spiro atoms. The monoisotopic (exact) mass is 326 g/mol. The first kappa shape index (κ1) is 15.1. The lowest BCUT2D eigenvalue weighted by molar-refractivity contribution is 0.262. The minimum Gasteiger partial charge on any atom is -0.308 e. The van der Waals surface area contributed by atoms with Gasteiger partial charge in [0.25, 0.3) is 0 Å². The summed E-state index contributed by atoms with van der Waals surface area (Å²) in [6.45, 7) is 1.84. The van der Waals surface area contributed by atoms with Crippen molar-refractivity contribution in [1.29, 1.82) is 0 Å². The van der Waals surface area contributed by atoms with Crippen molar-refractivity contribution < 1.29 is 4.79 Å². The van der Waals surface area contributed by atoms with Gasteiger partial charge in [0.1, 0.15) is 0 Å². The van der Waals surface area contributed by atoms with Gasteiger partial charge < -0.3 is 10.6 Å². The standard InChI is InChI=1S/C17H15ClN4O/c1-12-16(11-22(21-12)15-5-3-2-4-6-15)20-17(23)19-14-9-7-13(18)8-10-14/h2-11H,1H3,(H2,19,20,23). The number of carbonyl (C=O) groups excluding carboxylic acids is 1. The molecule has 0 radical (unpaired) electrons. The quantitative estimate of drug-likeness (QED) is 0.745. The number of aryl methyl sites for hydroxylation is 1. The van der Waals surface area contributed by atoms with Gasteiger partial charge >= 0.3 is 6.03 Å². The van der Waals surface area contributed by atoms with Crippen molar-refractivity contribution in [2.45, 2.75) is 6.92 Å². The third-order valence-electron chi connectivity index (χ3n) is 3.27. The average molecular weight is 327 g/mol. The van der Waals surface area contributed by atoms with E-state index < -0.39 is 0 Å². The number of hydrogen-bond acceptors (Lipinski definition) is 2. The highest BCUT2D eigenvalue weighted by Gasteiger charge is 2.09. The van der Waals surface area contributed by atoms with E-state index in [0.29, 0.717) is 16.4 Å². The fourth-order valence-electron chi connectivity index (χ4n) is 2.11. The number of para-hydroxylation sites is 1. The molecule has 1 heterocycles. The molecule has 5 nitrogen and oxygen atoms in total. The summed E-state index contributed by atoms with van der Waals surface area (Å²) in [5.41, 5.74) is 2.99. The molecule has 3 aromatic rings. The Labute approximate surface area is 138 Å². The first-order valence-electron chi connectivity index (χ1n) is 7.07. The second-order valence-corrected chi connectivity index (χ2v) is 5.43. The van der Waals surface area contributed by atoms with Crippen LogP contribution in [0.15, 0.2) is 60.8 Å². The molecule has 2 amide bonds. The zero-order valence-electron chi connectivity index (χ0n) is 12.5. The highest BCUT2D eigenvalue weighted by molar-refractivity contribution is 6.30. The maximum Gasteiger partial charge on any atom is 0.323 e. The molecule has 0 aliphatic heterocycles. The molecule has 0 saturated carbocycles. The van der Waals surface area contributed by atoms with Crippen molar-refractivity contribution in [3.63, 3.8) is 0 Å². The van der Waals surface area contributed by atoms with Crippen molar-refractivity contribution >= 4 is 29.0 Å². The number of carbonyl (C=O) groups is 1. The molecule has 0 fully saturated rings. The molecule has 0 bridgehead atoms. The molecule has 0 aliphatic rings. The second kappa shape index (κ2) is 6.54. The number of halogens is 1. The molecule has 2 aromatic carbocycles. The van der Waals surface area contributed by atoms with E-state index in [1.54, 1.807) is 35.1 Å². The van der Waals surface area contributed by atoms with Crippen LogP contribution in [0, 0.1) is 6.92 Å². The molecule has 116 valence electrons. The summed E-state index contributed by atoms with van der Waals surface area (Å²) < 4.78 is 1.73. The van der Waals surface area contributed by atoms with Gasteiger partial charge in [-0.2, -0.15) is 5.10 Å². The maximum atomic E-state index is 12.1. The SMILES string of the molecule is Cc1nn(-c2ccccc2)cc1NC(=O)Nc1ccc(Cl)cc1. The van der Waals surface area contributed by atoms with Crippen LogP contribution in [0.5, 0.6) is 0 Å². The number of nitrogens with one attached hydrogen (secondary N) is 2.